The van der Waals surface area contributed by atoms with Gasteiger partial charge in [0.2, 0.25) is 0 Å². The second kappa shape index (κ2) is 6.02. The minimum atomic E-state index is -0.878. The fourth-order valence-corrected chi connectivity index (χ4v) is 6.15. The number of rotatable bonds is 2. The van der Waals surface area contributed by atoms with Crippen molar-refractivity contribution in [1.82, 2.24) is 0 Å². The standard InChI is InChI=1S/C11H25Si2.CH3.Ni/c1-12(2,3)10-7-8-11(9-10)13(4,5)6;;/h9-11H,7-8H2,1-6H3;1H3;/q2*-1;+2. The van der Waals surface area contributed by atoms with Crippen molar-refractivity contribution in [2.75, 3.05) is 0 Å². The van der Waals surface area contributed by atoms with Gasteiger partial charge in [0.25, 0.3) is 0 Å². The summed E-state index contributed by atoms with van der Waals surface area (Å²) in [5.41, 5.74) is 2.01. The van der Waals surface area contributed by atoms with Gasteiger partial charge in [0, 0.05) is 16.1 Å². The Bertz CT molecular complexity index is 159. The molecule has 0 radical (unpaired) electrons. The number of hydrogen-bond donors (Lipinski definition) is 0. The molecule has 2 atom stereocenters. The van der Waals surface area contributed by atoms with E-state index < -0.39 is 16.1 Å². The largest absolute Gasteiger partial charge is 2.00 e. The molecule has 0 N–H and O–H groups in total. The molecule has 1 aliphatic carbocycles. The molecule has 0 amide bonds. The van der Waals surface area contributed by atoms with Crippen LogP contribution in [0.15, 0.2) is 0 Å². The van der Waals surface area contributed by atoms with Crippen molar-refractivity contribution in [2.24, 2.45) is 0 Å². The second-order valence-corrected chi connectivity index (χ2v) is 17.7. The van der Waals surface area contributed by atoms with E-state index >= 15 is 0 Å². The van der Waals surface area contributed by atoms with E-state index in [2.05, 4.69) is 45.7 Å². The molecular formula is C12H28NiSi2. The predicted octanol–water partition coefficient (Wildman–Crippen LogP) is 4.85. The molecule has 0 aromatic heterocycles. The Kier molecular flexibility index (Phi) is 7.35. The molecular weight excluding hydrogens is 259 g/mol. The summed E-state index contributed by atoms with van der Waals surface area (Å²) in [6, 6.07) is 0. The van der Waals surface area contributed by atoms with E-state index in [9.17, 15) is 0 Å². The zero-order chi connectivity index (χ0) is 10.3. The molecule has 1 fully saturated rings. The summed E-state index contributed by atoms with van der Waals surface area (Å²) in [7, 11) is -1.76. The Hall–Kier alpha value is 0.927. The van der Waals surface area contributed by atoms with Gasteiger partial charge in [-0.05, 0) is 0 Å². The summed E-state index contributed by atoms with van der Waals surface area (Å²) < 4.78 is 0. The molecule has 3 heteroatoms. The van der Waals surface area contributed by atoms with Crippen LogP contribution >= 0.6 is 0 Å². The molecule has 1 rings (SSSR count). The van der Waals surface area contributed by atoms with Gasteiger partial charge in [0.05, 0.1) is 0 Å². The molecule has 0 spiro atoms. The van der Waals surface area contributed by atoms with Crippen LogP contribution in [0.3, 0.4) is 0 Å². The van der Waals surface area contributed by atoms with E-state index in [1.807, 2.05) is 0 Å². The molecule has 0 bridgehead atoms. The first-order chi connectivity index (χ1) is 5.71. The number of hydrogen-bond acceptors (Lipinski definition) is 0. The van der Waals surface area contributed by atoms with Crippen molar-refractivity contribution >= 4 is 16.1 Å². The molecule has 15 heavy (non-hydrogen) atoms. The molecule has 0 heterocycles. The van der Waals surface area contributed by atoms with Crippen LogP contribution in [-0.4, -0.2) is 16.1 Å². The average Bonchev–Trinajstić information content (AvgIpc) is 2.28. The maximum Gasteiger partial charge on any atom is 2.00 e. The zero-order valence-electron chi connectivity index (χ0n) is 11.5. The van der Waals surface area contributed by atoms with Gasteiger partial charge >= 0.3 is 16.5 Å². The molecule has 0 aromatic carbocycles. The Morgan fingerprint density at radius 3 is 1.20 bits per heavy atom. The molecule has 1 aliphatic rings. The zero-order valence-corrected chi connectivity index (χ0v) is 14.5. The summed E-state index contributed by atoms with van der Waals surface area (Å²) >= 11 is 0. The minimum absolute atomic E-state index is 0. The van der Waals surface area contributed by atoms with E-state index in [-0.39, 0.29) is 23.9 Å². The van der Waals surface area contributed by atoms with E-state index in [0.717, 1.165) is 11.1 Å². The van der Waals surface area contributed by atoms with Gasteiger partial charge in [-0.25, -0.2) is 0 Å². The van der Waals surface area contributed by atoms with Crippen molar-refractivity contribution < 1.29 is 16.5 Å². The van der Waals surface area contributed by atoms with Crippen molar-refractivity contribution in [3.63, 3.8) is 0 Å². The maximum absolute atomic E-state index is 2.73. The molecule has 2 unspecified atom stereocenters. The first kappa shape index (κ1) is 18.3. The quantitative estimate of drug-likeness (QED) is 0.503. The van der Waals surface area contributed by atoms with Crippen molar-refractivity contribution in [1.29, 1.82) is 0 Å². The summed E-state index contributed by atoms with van der Waals surface area (Å²) in [6.07, 6.45) is 5.72. The Balaban J connectivity index is 0. The third-order valence-electron chi connectivity index (χ3n) is 3.48. The molecule has 0 aliphatic heterocycles. The first-order valence-electron chi connectivity index (χ1n) is 5.56. The van der Waals surface area contributed by atoms with Gasteiger partial charge in [0.1, 0.15) is 0 Å². The van der Waals surface area contributed by atoms with E-state index in [0.29, 0.717) is 0 Å². The van der Waals surface area contributed by atoms with Gasteiger partial charge in [-0.1, -0.05) is 52.1 Å². The van der Waals surface area contributed by atoms with Crippen molar-refractivity contribution in [3.05, 3.63) is 13.8 Å². The SMILES string of the molecule is C[Si](C)(C)C1[CH-]C([Si](C)(C)C)CC1.[CH3-].[Ni+2]. The predicted molar refractivity (Wildman–Crippen MR) is 74.1 cm³/mol. The molecule has 94 valence electrons. The summed E-state index contributed by atoms with van der Waals surface area (Å²) in [4.78, 5) is 0. The molecule has 0 aromatic rings. The molecule has 0 nitrogen and oxygen atoms in total. The van der Waals surface area contributed by atoms with Crippen LogP contribution in [-0.2, 0) is 16.5 Å². The Morgan fingerprint density at radius 2 is 1.07 bits per heavy atom. The Labute approximate surface area is 110 Å². The molecule has 1 saturated carbocycles. The van der Waals surface area contributed by atoms with E-state index in [1.165, 1.54) is 12.8 Å². The topological polar surface area (TPSA) is 0 Å². The third-order valence-corrected chi connectivity index (χ3v) is 8.89. The van der Waals surface area contributed by atoms with Crippen LogP contribution in [0.25, 0.3) is 0 Å². The normalized spacial score (nSPS) is 26.8. The maximum atomic E-state index is 2.73. The van der Waals surface area contributed by atoms with Crippen molar-refractivity contribution in [3.8, 4) is 0 Å². The van der Waals surface area contributed by atoms with Crippen LogP contribution in [0.4, 0.5) is 0 Å². The van der Waals surface area contributed by atoms with Gasteiger partial charge in [0.15, 0.2) is 0 Å². The third kappa shape index (κ3) is 5.19. The van der Waals surface area contributed by atoms with E-state index in [1.54, 1.807) is 0 Å². The summed E-state index contributed by atoms with van der Waals surface area (Å²) in [5.74, 6) is 0. The first-order valence-corrected chi connectivity index (χ1v) is 12.7. The summed E-state index contributed by atoms with van der Waals surface area (Å²) in [5, 5.41) is 0. The van der Waals surface area contributed by atoms with Gasteiger partial charge in [-0.3, -0.25) is 0 Å². The van der Waals surface area contributed by atoms with Crippen LogP contribution in [0.5, 0.6) is 0 Å². The van der Waals surface area contributed by atoms with Crippen LogP contribution in [0.2, 0.25) is 50.4 Å². The van der Waals surface area contributed by atoms with Crippen LogP contribution in [0.1, 0.15) is 12.8 Å². The fraction of sp³-hybridized carbons (Fsp3) is 0.833. The van der Waals surface area contributed by atoms with Gasteiger partial charge in [-0.15, -0.1) is 0 Å². The van der Waals surface area contributed by atoms with Crippen molar-refractivity contribution in [2.45, 2.75) is 63.2 Å². The van der Waals surface area contributed by atoms with Gasteiger partial charge in [-0.2, -0.15) is 11.1 Å². The minimum Gasteiger partial charge on any atom is -0.358 e. The van der Waals surface area contributed by atoms with E-state index in [4.69, 9.17) is 0 Å². The molecule has 0 saturated heterocycles. The smallest absolute Gasteiger partial charge is 0.358 e. The van der Waals surface area contributed by atoms with Gasteiger partial charge < -0.3 is 13.8 Å². The fourth-order valence-electron chi connectivity index (χ4n) is 2.28. The second-order valence-electron chi connectivity index (χ2n) is 6.71. The average molecular weight is 287 g/mol. The Morgan fingerprint density at radius 1 is 0.800 bits per heavy atom. The summed E-state index contributed by atoms with van der Waals surface area (Å²) in [6.45, 7) is 15.1. The van der Waals surface area contributed by atoms with Crippen LogP contribution in [0, 0.1) is 13.8 Å². The monoisotopic (exact) mass is 286 g/mol. The van der Waals surface area contributed by atoms with Crippen LogP contribution < -0.4 is 0 Å².